The van der Waals surface area contributed by atoms with E-state index in [2.05, 4.69) is 0 Å². The van der Waals surface area contributed by atoms with Crippen LogP contribution >= 0.6 is 0 Å². The molecule has 1 unspecified atom stereocenters. The number of carboxylic acids is 1. The van der Waals surface area contributed by atoms with Crippen LogP contribution < -0.4 is 9.47 Å². The zero-order valence-electron chi connectivity index (χ0n) is 15.3. The van der Waals surface area contributed by atoms with E-state index in [-0.39, 0.29) is 0 Å². The van der Waals surface area contributed by atoms with E-state index in [1.165, 1.54) is 0 Å². The van der Waals surface area contributed by atoms with Crippen LogP contribution in [-0.4, -0.2) is 24.8 Å². The van der Waals surface area contributed by atoms with E-state index in [9.17, 15) is 9.90 Å². The van der Waals surface area contributed by atoms with Gasteiger partial charge in [0.2, 0.25) is 0 Å². The molecule has 0 aliphatic carbocycles. The molecule has 2 aromatic rings. The minimum Gasteiger partial charge on any atom is -0.493 e. The van der Waals surface area contributed by atoms with Crippen LogP contribution in [0.2, 0.25) is 0 Å². The minimum atomic E-state index is -0.837. The predicted octanol–water partition coefficient (Wildman–Crippen LogP) is 4.51. The second-order valence-corrected chi connectivity index (χ2v) is 6.25. The topological polar surface area (TPSA) is 55.8 Å². The van der Waals surface area contributed by atoms with Crippen LogP contribution in [0.5, 0.6) is 11.5 Å². The Hall–Kier alpha value is -2.49. The summed E-state index contributed by atoms with van der Waals surface area (Å²) < 4.78 is 11.3. The molecule has 1 N–H and O–H groups in total. The third kappa shape index (κ3) is 4.53. The largest absolute Gasteiger partial charge is 0.493 e. The smallest absolute Gasteiger partial charge is 0.311 e. The molecule has 134 valence electrons. The number of para-hydroxylation sites is 1. The molecule has 0 aromatic heterocycles. The maximum absolute atomic E-state index is 11.9. The van der Waals surface area contributed by atoms with Crippen LogP contribution in [0.4, 0.5) is 0 Å². The van der Waals surface area contributed by atoms with Gasteiger partial charge < -0.3 is 14.6 Å². The lowest BCUT2D eigenvalue weighted by Gasteiger charge is -2.19. The Morgan fingerprint density at radius 1 is 1.20 bits per heavy atom. The van der Waals surface area contributed by atoms with Crippen LogP contribution in [0.1, 0.15) is 41.5 Å². The highest BCUT2D eigenvalue weighted by atomic mass is 16.5. The second-order valence-electron chi connectivity index (χ2n) is 6.25. The van der Waals surface area contributed by atoms with Crippen LogP contribution in [0.25, 0.3) is 0 Å². The van der Waals surface area contributed by atoms with Crippen LogP contribution in [-0.2, 0) is 11.2 Å². The summed E-state index contributed by atoms with van der Waals surface area (Å²) in [5, 5.41) is 9.80. The summed E-state index contributed by atoms with van der Waals surface area (Å²) in [4.78, 5) is 11.9. The molecular formula is C21H26O4. The minimum absolute atomic E-state index is 0.357. The number of carbonyl (C=O) groups is 1. The first kappa shape index (κ1) is 18.8. The molecule has 4 heteroatoms. The quantitative estimate of drug-likeness (QED) is 0.767. The van der Waals surface area contributed by atoms with Crippen molar-refractivity contribution < 1.29 is 19.4 Å². The van der Waals surface area contributed by atoms with Crippen molar-refractivity contribution >= 4 is 5.97 Å². The molecule has 0 radical (unpaired) electrons. The highest BCUT2D eigenvalue weighted by molar-refractivity contribution is 5.77. The standard InChI is InChI=1S/C21H26O4/c1-5-11-25-20-16(7-6-8-19(20)24-4)13-18(21(22)23)17-10-9-14(2)12-15(17)3/h6-10,12,18H,5,11,13H2,1-4H3,(H,22,23). The number of carboxylic acid groups (broad SMARTS) is 1. The highest BCUT2D eigenvalue weighted by Gasteiger charge is 2.24. The van der Waals surface area contributed by atoms with Gasteiger partial charge in [-0.1, -0.05) is 42.8 Å². The highest BCUT2D eigenvalue weighted by Crippen LogP contribution is 2.35. The van der Waals surface area contributed by atoms with Crippen molar-refractivity contribution in [3.05, 3.63) is 58.7 Å². The van der Waals surface area contributed by atoms with E-state index in [1.807, 2.05) is 57.2 Å². The van der Waals surface area contributed by atoms with Crippen molar-refractivity contribution in [2.24, 2.45) is 0 Å². The number of aliphatic carboxylic acids is 1. The Bertz CT molecular complexity index is 737. The Balaban J connectivity index is 2.41. The van der Waals surface area contributed by atoms with E-state index < -0.39 is 11.9 Å². The van der Waals surface area contributed by atoms with E-state index in [0.717, 1.165) is 28.7 Å². The van der Waals surface area contributed by atoms with Crippen molar-refractivity contribution in [1.29, 1.82) is 0 Å². The Labute approximate surface area is 149 Å². The van der Waals surface area contributed by atoms with Crippen molar-refractivity contribution in [3.63, 3.8) is 0 Å². The normalized spacial score (nSPS) is 11.8. The molecular weight excluding hydrogens is 316 g/mol. The van der Waals surface area contributed by atoms with Gasteiger partial charge in [0.15, 0.2) is 11.5 Å². The summed E-state index contributed by atoms with van der Waals surface area (Å²) in [6.45, 7) is 6.56. The summed E-state index contributed by atoms with van der Waals surface area (Å²) in [5.41, 5.74) is 3.80. The fourth-order valence-electron chi connectivity index (χ4n) is 3.02. The van der Waals surface area contributed by atoms with Gasteiger partial charge in [0, 0.05) is 0 Å². The molecule has 0 saturated heterocycles. The monoisotopic (exact) mass is 342 g/mol. The van der Waals surface area contributed by atoms with Gasteiger partial charge in [0.05, 0.1) is 19.6 Å². The van der Waals surface area contributed by atoms with Gasteiger partial charge in [-0.05, 0) is 49.4 Å². The molecule has 1 atom stereocenters. The second kappa shape index (κ2) is 8.56. The SMILES string of the molecule is CCCOc1c(CC(C(=O)O)c2ccc(C)cc2C)cccc1OC. The average molecular weight is 342 g/mol. The molecule has 0 aliphatic heterocycles. The van der Waals surface area contributed by atoms with Gasteiger partial charge in [0.25, 0.3) is 0 Å². The number of rotatable bonds is 8. The summed E-state index contributed by atoms with van der Waals surface area (Å²) in [5.74, 6) is -0.188. The molecule has 0 aliphatic rings. The third-order valence-corrected chi connectivity index (χ3v) is 4.25. The fraction of sp³-hybridized carbons (Fsp3) is 0.381. The van der Waals surface area contributed by atoms with Crippen LogP contribution in [0, 0.1) is 13.8 Å². The van der Waals surface area contributed by atoms with E-state index >= 15 is 0 Å². The first-order valence-electron chi connectivity index (χ1n) is 8.56. The van der Waals surface area contributed by atoms with Crippen molar-refractivity contribution in [3.8, 4) is 11.5 Å². The van der Waals surface area contributed by atoms with E-state index in [4.69, 9.17) is 9.47 Å². The molecule has 25 heavy (non-hydrogen) atoms. The Morgan fingerprint density at radius 3 is 2.56 bits per heavy atom. The fourth-order valence-corrected chi connectivity index (χ4v) is 3.02. The molecule has 0 fully saturated rings. The lowest BCUT2D eigenvalue weighted by Crippen LogP contribution is -2.16. The van der Waals surface area contributed by atoms with Gasteiger partial charge >= 0.3 is 5.97 Å². The Morgan fingerprint density at radius 2 is 1.96 bits per heavy atom. The molecule has 0 spiro atoms. The summed E-state index contributed by atoms with van der Waals surface area (Å²) in [6.07, 6.45) is 1.23. The summed E-state index contributed by atoms with van der Waals surface area (Å²) in [7, 11) is 1.59. The Kier molecular flexibility index (Phi) is 6.45. The predicted molar refractivity (Wildman–Crippen MR) is 98.8 cm³/mol. The molecule has 2 aromatic carbocycles. The van der Waals surface area contributed by atoms with Crippen LogP contribution in [0.15, 0.2) is 36.4 Å². The molecule has 0 heterocycles. The van der Waals surface area contributed by atoms with Gasteiger partial charge in [-0.15, -0.1) is 0 Å². The maximum Gasteiger partial charge on any atom is 0.311 e. The third-order valence-electron chi connectivity index (χ3n) is 4.25. The van der Waals surface area contributed by atoms with Crippen molar-refractivity contribution in [2.75, 3.05) is 13.7 Å². The van der Waals surface area contributed by atoms with Gasteiger partial charge in [-0.2, -0.15) is 0 Å². The van der Waals surface area contributed by atoms with E-state index in [1.54, 1.807) is 7.11 Å². The zero-order valence-corrected chi connectivity index (χ0v) is 15.3. The number of methoxy groups -OCH3 is 1. The number of aryl methyl sites for hydroxylation is 2. The average Bonchev–Trinajstić information content (AvgIpc) is 2.58. The summed E-state index contributed by atoms with van der Waals surface area (Å²) in [6, 6.07) is 11.5. The van der Waals surface area contributed by atoms with Crippen molar-refractivity contribution in [2.45, 2.75) is 39.5 Å². The molecule has 0 saturated carbocycles. The van der Waals surface area contributed by atoms with Gasteiger partial charge in [0.1, 0.15) is 0 Å². The molecule has 0 amide bonds. The zero-order chi connectivity index (χ0) is 18.4. The summed E-state index contributed by atoms with van der Waals surface area (Å²) >= 11 is 0. The molecule has 0 bridgehead atoms. The number of hydrogen-bond acceptors (Lipinski definition) is 3. The van der Waals surface area contributed by atoms with Gasteiger partial charge in [-0.3, -0.25) is 4.79 Å². The first-order chi connectivity index (χ1) is 12.0. The number of benzene rings is 2. The maximum atomic E-state index is 11.9. The lowest BCUT2D eigenvalue weighted by atomic mass is 9.88. The number of hydrogen-bond donors (Lipinski definition) is 1. The first-order valence-corrected chi connectivity index (χ1v) is 8.56. The van der Waals surface area contributed by atoms with Crippen molar-refractivity contribution in [1.82, 2.24) is 0 Å². The molecule has 2 rings (SSSR count). The van der Waals surface area contributed by atoms with Gasteiger partial charge in [-0.25, -0.2) is 0 Å². The lowest BCUT2D eigenvalue weighted by molar-refractivity contribution is -0.138. The van der Waals surface area contributed by atoms with E-state index in [0.29, 0.717) is 24.5 Å². The van der Waals surface area contributed by atoms with Crippen LogP contribution in [0.3, 0.4) is 0 Å². The number of ether oxygens (including phenoxy) is 2. The molecule has 4 nitrogen and oxygen atoms in total.